The minimum absolute atomic E-state index is 0. The number of hydrogen-bond donors (Lipinski definition) is 2. The number of piperidine rings is 2. The van der Waals surface area contributed by atoms with Gasteiger partial charge in [-0.25, -0.2) is 9.67 Å². The molecule has 4 fully saturated rings. The van der Waals surface area contributed by atoms with E-state index in [0.717, 1.165) is 36.5 Å². The molecule has 2 saturated heterocycles. The molecule has 1 amide bonds. The number of amides is 1. The van der Waals surface area contributed by atoms with Gasteiger partial charge in [-0.3, -0.25) is 4.79 Å². The second kappa shape index (κ2) is 25.3. The summed E-state index contributed by atoms with van der Waals surface area (Å²) in [5.41, 5.74) is 6.94. The highest BCUT2D eigenvalue weighted by Crippen LogP contribution is 2.30. The van der Waals surface area contributed by atoms with Crippen LogP contribution in [0.5, 0.6) is 0 Å². The van der Waals surface area contributed by atoms with Crippen LogP contribution in [0.1, 0.15) is 165 Å². The van der Waals surface area contributed by atoms with Crippen molar-refractivity contribution in [3.63, 3.8) is 0 Å². The van der Waals surface area contributed by atoms with Crippen LogP contribution in [0.25, 0.3) is 5.82 Å². The molecule has 2 aliphatic carbocycles. The van der Waals surface area contributed by atoms with Crippen LogP contribution < -0.4 is 11.1 Å². The van der Waals surface area contributed by atoms with Crippen molar-refractivity contribution < 1.29 is 4.79 Å². The topological polar surface area (TPSA) is 92.3 Å². The van der Waals surface area contributed by atoms with Crippen molar-refractivity contribution >= 4 is 18.3 Å². The van der Waals surface area contributed by atoms with Crippen molar-refractivity contribution in [1.82, 2.24) is 29.9 Å². The fourth-order valence-electron chi connectivity index (χ4n) is 9.88. The van der Waals surface area contributed by atoms with Crippen molar-refractivity contribution in [2.75, 3.05) is 39.3 Å². The molecule has 306 valence electrons. The first-order valence-electron chi connectivity index (χ1n) is 22.5. The molecule has 8 nitrogen and oxygen atoms in total. The van der Waals surface area contributed by atoms with Crippen molar-refractivity contribution in [3.8, 4) is 5.82 Å². The lowest BCUT2D eigenvalue weighted by Gasteiger charge is -2.39. The van der Waals surface area contributed by atoms with E-state index in [9.17, 15) is 4.79 Å². The van der Waals surface area contributed by atoms with Gasteiger partial charge in [-0.2, -0.15) is 5.10 Å². The monoisotopic (exact) mass is 768 g/mol. The van der Waals surface area contributed by atoms with Gasteiger partial charge in [-0.05, 0) is 119 Å². The van der Waals surface area contributed by atoms with Gasteiger partial charge >= 0.3 is 0 Å². The van der Waals surface area contributed by atoms with Gasteiger partial charge in [0.2, 0.25) is 0 Å². The summed E-state index contributed by atoms with van der Waals surface area (Å²) in [5, 5.41) is 7.56. The maximum absolute atomic E-state index is 13.0. The number of carbonyl (C=O) groups is 1. The minimum Gasteiger partial charge on any atom is -0.349 e. The number of carbonyl (C=O) groups excluding carboxylic acids is 1. The van der Waals surface area contributed by atoms with E-state index in [1.165, 1.54) is 168 Å². The van der Waals surface area contributed by atoms with Crippen molar-refractivity contribution in [3.05, 3.63) is 42.4 Å². The summed E-state index contributed by atoms with van der Waals surface area (Å²) in [4.78, 5) is 22.8. The van der Waals surface area contributed by atoms with E-state index in [-0.39, 0.29) is 24.4 Å². The van der Waals surface area contributed by atoms with E-state index < -0.39 is 0 Å². The zero-order valence-electron chi connectivity index (χ0n) is 34.4. The Morgan fingerprint density at radius 3 is 1.94 bits per heavy atom. The van der Waals surface area contributed by atoms with E-state index >= 15 is 0 Å². The third-order valence-electron chi connectivity index (χ3n) is 13.1. The van der Waals surface area contributed by atoms with Crippen LogP contribution in [0.3, 0.4) is 0 Å². The van der Waals surface area contributed by atoms with Gasteiger partial charge in [-0.15, -0.1) is 12.4 Å². The molecule has 0 bridgehead atoms. The minimum atomic E-state index is -0.00106. The first-order valence-corrected chi connectivity index (χ1v) is 22.5. The zero-order chi connectivity index (χ0) is 37.1. The summed E-state index contributed by atoms with van der Waals surface area (Å²) in [6, 6.07) is 6.32. The van der Waals surface area contributed by atoms with E-state index in [2.05, 4.69) is 39.0 Å². The van der Waals surface area contributed by atoms with Crippen LogP contribution in [-0.4, -0.2) is 81.8 Å². The van der Waals surface area contributed by atoms with E-state index in [1.54, 1.807) is 17.1 Å². The Labute approximate surface area is 336 Å². The van der Waals surface area contributed by atoms with E-state index in [1.807, 2.05) is 24.4 Å². The predicted molar refractivity (Wildman–Crippen MR) is 228 cm³/mol. The van der Waals surface area contributed by atoms with Crippen molar-refractivity contribution in [1.29, 1.82) is 0 Å². The number of rotatable bonds is 17. The van der Waals surface area contributed by atoms with Crippen molar-refractivity contribution in [2.24, 2.45) is 29.4 Å². The molecule has 2 aromatic rings. The van der Waals surface area contributed by atoms with Gasteiger partial charge in [0, 0.05) is 56.9 Å². The number of likely N-dealkylation sites (tertiary alicyclic amines) is 2. The highest BCUT2D eigenvalue weighted by Gasteiger charge is 2.31. The molecule has 0 radical (unpaired) electrons. The Hall–Kier alpha value is -2.00. The molecule has 54 heavy (non-hydrogen) atoms. The predicted octanol–water partition coefficient (Wildman–Crippen LogP) is 9.85. The molecular weight excluding hydrogens is 690 g/mol. The Balaban J connectivity index is 0.000000266. The largest absolute Gasteiger partial charge is 0.349 e. The summed E-state index contributed by atoms with van der Waals surface area (Å²) in [5.74, 6) is 3.90. The van der Waals surface area contributed by atoms with Crippen molar-refractivity contribution in [2.45, 2.75) is 167 Å². The fraction of sp³-hybridized carbons (Fsp3) is 0.800. The lowest BCUT2D eigenvalue weighted by atomic mass is 9.83. The van der Waals surface area contributed by atoms with E-state index in [0.29, 0.717) is 17.5 Å². The smallest absolute Gasteiger partial charge is 0.253 e. The molecule has 6 atom stereocenters. The second-order valence-electron chi connectivity index (χ2n) is 17.4. The highest BCUT2D eigenvalue weighted by atomic mass is 35.5. The molecule has 0 aromatic carbocycles. The Bertz CT molecular complexity index is 1260. The molecule has 4 heterocycles. The third-order valence-corrected chi connectivity index (χ3v) is 13.1. The number of nitrogens with two attached hydrogens (primary N) is 1. The quantitative estimate of drug-likeness (QED) is 0.156. The van der Waals surface area contributed by atoms with Gasteiger partial charge < -0.3 is 20.9 Å². The molecule has 3 N–H and O–H groups in total. The third kappa shape index (κ3) is 15.2. The van der Waals surface area contributed by atoms with Gasteiger partial charge in [0.25, 0.3) is 5.91 Å². The van der Waals surface area contributed by atoms with E-state index in [4.69, 9.17) is 5.73 Å². The highest BCUT2D eigenvalue weighted by molar-refractivity contribution is 5.94. The average Bonchev–Trinajstić information content (AvgIpc) is 3.73. The Morgan fingerprint density at radius 2 is 1.37 bits per heavy atom. The molecule has 2 saturated carbocycles. The molecule has 6 rings (SSSR count). The first kappa shape index (κ1) is 44.7. The molecular formula is C45H78ClN7O. The molecule has 4 aliphatic rings. The number of aromatic nitrogens is 3. The Morgan fingerprint density at radius 1 is 0.759 bits per heavy atom. The van der Waals surface area contributed by atoms with Crippen LogP contribution in [0, 0.1) is 23.7 Å². The number of hydrogen-bond acceptors (Lipinski definition) is 6. The van der Waals surface area contributed by atoms with Crippen LogP contribution >= 0.6 is 12.4 Å². The maximum Gasteiger partial charge on any atom is 0.253 e. The lowest BCUT2D eigenvalue weighted by Crippen LogP contribution is -2.48. The number of unbranched alkanes of at least 4 members (excludes halogenated alkanes) is 6. The van der Waals surface area contributed by atoms with Crippen LogP contribution in [0.4, 0.5) is 0 Å². The summed E-state index contributed by atoms with van der Waals surface area (Å²) in [7, 11) is 0. The van der Waals surface area contributed by atoms with Gasteiger partial charge in [0.15, 0.2) is 5.82 Å². The van der Waals surface area contributed by atoms with Gasteiger partial charge in [-0.1, -0.05) is 90.9 Å². The number of nitrogens with zero attached hydrogens (tertiary/aromatic N) is 5. The first-order chi connectivity index (χ1) is 26.0. The molecule has 0 spiro atoms. The molecule has 2 aromatic heterocycles. The number of nitrogens with one attached hydrogen (secondary N) is 1. The summed E-state index contributed by atoms with van der Waals surface area (Å²) in [6.07, 6.45) is 35.1. The second-order valence-corrected chi connectivity index (χ2v) is 17.4. The molecule has 2 unspecified atom stereocenters. The number of halogens is 1. The van der Waals surface area contributed by atoms with Crippen LogP contribution in [0.15, 0.2) is 36.8 Å². The normalized spacial score (nSPS) is 26.6. The Kier molecular flexibility index (Phi) is 20.9. The standard InChI is InChI=1S/C27H41N5O.C18H36N2.ClH/c1-2-3-4-5-10-22-11-8-17-31(20-22)21-24-12-6-7-13-25(24)30-27(33)23-14-15-26(28-19-23)32-18-9-16-29-32;1-2-3-4-5-9-16-10-8-13-20(14-16)15-17-11-6-7-12-18(17)19;/h9,14-16,18-19,22,24-25H,2-8,10-13,17,20-21H2,1H3,(H,30,33);16-18H,2-15,19H2,1H3;1H/t22?,24-,25+;16?,17-,18+;/m00./s1. The lowest BCUT2D eigenvalue weighted by molar-refractivity contribution is 0.0852. The summed E-state index contributed by atoms with van der Waals surface area (Å²) < 4.78 is 1.70. The fourth-order valence-corrected chi connectivity index (χ4v) is 9.88. The number of pyridine rings is 1. The zero-order valence-corrected chi connectivity index (χ0v) is 35.2. The molecule has 2 aliphatic heterocycles. The van der Waals surface area contributed by atoms with Crippen LogP contribution in [-0.2, 0) is 0 Å². The SMILES string of the molecule is CCCCCCC1CCCN(C[C@@H]2CCCC[C@H]2N)C1.CCCCCCC1CCCN(C[C@@H]2CCCC[C@H]2NC(=O)c2ccc(-n3cccn3)nc2)C1.Cl. The van der Waals surface area contributed by atoms with Gasteiger partial charge in [0.05, 0.1) is 5.56 Å². The van der Waals surface area contributed by atoms with Crippen LogP contribution in [0.2, 0.25) is 0 Å². The summed E-state index contributed by atoms with van der Waals surface area (Å²) >= 11 is 0. The average molecular weight is 769 g/mol. The molecule has 9 heteroatoms. The maximum atomic E-state index is 13.0. The van der Waals surface area contributed by atoms with Gasteiger partial charge in [0.1, 0.15) is 0 Å². The summed E-state index contributed by atoms with van der Waals surface area (Å²) in [6.45, 7) is 12.2.